The molecule has 1 aromatic rings. The van der Waals surface area contributed by atoms with Gasteiger partial charge in [-0.25, -0.2) is 0 Å². The lowest BCUT2D eigenvalue weighted by atomic mass is 10.1. The number of amides is 1. The van der Waals surface area contributed by atoms with Crippen LogP contribution in [-0.4, -0.2) is 35.0 Å². The Balaban J connectivity index is 2.05. The van der Waals surface area contributed by atoms with Crippen LogP contribution in [0.4, 0.5) is 0 Å². The van der Waals surface area contributed by atoms with E-state index in [9.17, 15) is 9.59 Å². The average molecular weight is 260 g/mol. The number of halogens is 1. The van der Waals surface area contributed by atoms with Gasteiger partial charge in [0.15, 0.2) is 0 Å². The predicted octanol–water partition coefficient (Wildman–Crippen LogP) is 1.95. The molecule has 1 unspecified atom stereocenters. The van der Waals surface area contributed by atoms with Crippen molar-refractivity contribution in [3.63, 3.8) is 0 Å². The summed E-state index contributed by atoms with van der Waals surface area (Å²) < 4.78 is 0.567. The lowest BCUT2D eigenvalue weighted by Crippen LogP contribution is -2.29. The molecule has 16 heavy (non-hydrogen) atoms. The second-order valence-electron chi connectivity index (χ2n) is 3.68. The van der Waals surface area contributed by atoms with Gasteiger partial charge in [0.2, 0.25) is 0 Å². The zero-order valence-corrected chi connectivity index (χ0v) is 9.92. The number of likely N-dealkylation sites (tertiary alicyclic amines) is 1. The Morgan fingerprint density at radius 1 is 1.50 bits per heavy atom. The maximum absolute atomic E-state index is 11.9. The average Bonchev–Trinajstić information content (AvgIpc) is 2.84. The highest BCUT2D eigenvalue weighted by molar-refractivity contribution is 7.17. The summed E-state index contributed by atoms with van der Waals surface area (Å²) in [4.78, 5) is 24.8. The van der Waals surface area contributed by atoms with Crippen LogP contribution in [0.2, 0.25) is 4.34 Å². The normalized spacial score (nSPS) is 20.1. The fourth-order valence-corrected chi connectivity index (χ4v) is 2.74. The van der Waals surface area contributed by atoms with E-state index >= 15 is 0 Å². The van der Waals surface area contributed by atoms with Crippen molar-refractivity contribution in [1.82, 2.24) is 4.90 Å². The minimum atomic E-state index is -0.834. The number of carbonyl (C=O) groups excluding carboxylic acids is 1. The van der Waals surface area contributed by atoms with E-state index in [4.69, 9.17) is 16.7 Å². The first-order valence-corrected chi connectivity index (χ1v) is 6.05. The molecule has 1 amide bonds. The van der Waals surface area contributed by atoms with Crippen LogP contribution in [0, 0.1) is 5.92 Å². The van der Waals surface area contributed by atoms with Crippen LogP contribution in [-0.2, 0) is 4.79 Å². The number of rotatable bonds is 2. The molecule has 1 saturated heterocycles. The van der Waals surface area contributed by atoms with Gasteiger partial charge in [-0.2, -0.15) is 0 Å². The Morgan fingerprint density at radius 2 is 2.25 bits per heavy atom. The van der Waals surface area contributed by atoms with Crippen molar-refractivity contribution in [2.24, 2.45) is 5.92 Å². The van der Waals surface area contributed by atoms with E-state index < -0.39 is 11.9 Å². The van der Waals surface area contributed by atoms with Gasteiger partial charge in [-0.3, -0.25) is 9.59 Å². The molecule has 86 valence electrons. The fraction of sp³-hybridized carbons (Fsp3) is 0.400. The molecule has 0 saturated carbocycles. The van der Waals surface area contributed by atoms with Crippen molar-refractivity contribution < 1.29 is 14.7 Å². The van der Waals surface area contributed by atoms with Crippen LogP contribution in [0.3, 0.4) is 0 Å². The lowest BCUT2D eigenvalue weighted by Gasteiger charge is -2.14. The SMILES string of the molecule is O=C(O)C1CCN(C(=O)c2ccc(Cl)s2)C1. The molecule has 4 nitrogen and oxygen atoms in total. The third-order valence-corrected chi connectivity index (χ3v) is 3.83. The summed E-state index contributed by atoms with van der Waals surface area (Å²) in [5.41, 5.74) is 0. The maximum atomic E-state index is 11.9. The molecule has 0 bridgehead atoms. The summed E-state index contributed by atoms with van der Waals surface area (Å²) in [5.74, 6) is -1.39. The highest BCUT2D eigenvalue weighted by Crippen LogP contribution is 2.25. The molecule has 0 spiro atoms. The lowest BCUT2D eigenvalue weighted by molar-refractivity contribution is -0.141. The van der Waals surface area contributed by atoms with E-state index in [0.717, 1.165) is 0 Å². The topological polar surface area (TPSA) is 57.6 Å². The van der Waals surface area contributed by atoms with Gasteiger partial charge in [-0.15, -0.1) is 11.3 Å². The van der Waals surface area contributed by atoms with Crippen LogP contribution < -0.4 is 0 Å². The van der Waals surface area contributed by atoms with Crippen molar-refractivity contribution in [3.8, 4) is 0 Å². The van der Waals surface area contributed by atoms with E-state index in [1.54, 1.807) is 17.0 Å². The molecule has 2 heterocycles. The van der Waals surface area contributed by atoms with E-state index in [1.165, 1.54) is 11.3 Å². The van der Waals surface area contributed by atoms with Gasteiger partial charge < -0.3 is 10.0 Å². The Labute approximate surface area is 101 Å². The van der Waals surface area contributed by atoms with Crippen molar-refractivity contribution in [2.75, 3.05) is 13.1 Å². The summed E-state index contributed by atoms with van der Waals surface area (Å²) >= 11 is 6.96. The van der Waals surface area contributed by atoms with Gasteiger partial charge in [0.1, 0.15) is 0 Å². The summed E-state index contributed by atoms with van der Waals surface area (Å²) in [7, 11) is 0. The largest absolute Gasteiger partial charge is 0.481 e. The third-order valence-electron chi connectivity index (χ3n) is 2.61. The predicted molar refractivity (Wildman–Crippen MR) is 61.0 cm³/mol. The van der Waals surface area contributed by atoms with Crippen molar-refractivity contribution >= 4 is 34.8 Å². The summed E-state index contributed by atoms with van der Waals surface area (Å²) in [6.45, 7) is 0.801. The number of aliphatic carboxylic acids is 1. The number of thiophene rings is 1. The molecule has 1 fully saturated rings. The second-order valence-corrected chi connectivity index (χ2v) is 5.39. The minimum absolute atomic E-state index is 0.124. The zero-order chi connectivity index (χ0) is 11.7. The zero-order valence-electron chi connectivity index (χ0n) is 8.35. The molecular weight excluding hydrogens is 250 g/mol. The molecule has 1 aromatic heterocycles. The van der Waals surface area contributed by atoms with Crippen molar-refractivity contribution in [3.05, 3.63) is 21.3 Å². The summed E-state index contributed by atoms with van der Waals surface area (Å²) in [6, 6.07) is 3.34. The van der Waals surface area contributed by atoms with Gasteiger partial charge in [-0.05, 0) is 18.6 Å². The number of hydrogen-bond acceptors (Lipinski definition) is 3. The van der Waals surface area contributed by atoms with Gasteiger partial charge in [0.05, 0.1) is 15.1 Å². The highest BCUT2D eigenvalue weighted by atomic mass is 35.5. The van der Waals surface area contributed by atoms with Gasteiger partial charge >= 0.3 is 5.97 Å². The molecule has 6 heteroatoms. The molecule has 0 radical (unpaired) electrons. The number of nitrogens with zero attached hydrogens (tertiary/aromatic N) is 1. The van der Waals surface area contributed by atoms with E-state index in [0.29, 0.717) is 28.7 Å². The Hall–Kier alpha value is -1.07. The van der Waals surface area contributed by atoms with Crippen LogP contribution in [0.5, 0.6) is 0 Å². The minimum Gasteiger partial charge on any atom is -0.481 e. The smallest absolute Gasteiger partial charge is 0.308 e. The number of hydrogen-bond donors (Lipinski definition) is 1. The monoisotopic (exact) mass is 259 g/mol. The van der Waals surface area contributed by atoms with E-state index in [-0.39, 0.29) is 5.91 Å². The third kappa shape index (κ3) is 2.20. The number of carboxylic acid groups (broad SMARTS) is 1. The van der Waals surface area contributed by atoms with E-state index in [2.05, 4.69) is 0 Å². The van der Waals surface area contributed by atoms with Crippen molar-refractivity contribution in [1.29, 1.82) is 0 Å². The fourth-order valence-electron chi connectivity index (χ4n) is 1.73. The summed E-state index contributed by atoms with van der Waals surface area (Å²) in [6.07, 6.45) is 0.528. The van der Waals surface area contributed by atoms with Gasteiger partial charge in [0.25, 0.3) is 5.91 Å². The molecule has 1 aliphatic rings. The molecule has 0 aliphatic carbocycles. The Kier molecular flexibility index (Phi) is 3.16. The van der Waals surface area contributed by atoms with Crippen LogP contribution >= 0.6 is 22.9 Å². The maximum Gasteiger partial charge on any atom is 0.308 e. The van der Waals surface area contributed by atoms with Crippen LogP contribution in [0.15, 0.2) is 12.1 Å². The van der Waals surface area contributed by atoms with Gasteiger partial charge in [-0.1, -0.05) is 11.6 Å². The first-order valence-electron chi connectivity index (χ1n) is 4.85. The molecule has 2 rings (SSSR count). The molecule has 1 aliphatic heterocycles. The van der Waals surface area contributed by atoms with E-state index in [1.807, 2.05) is 0 Å². The molecule has 1 atom stereocenters. The first-order chi connectivity index (χ1) is 7.58. The van der Waals surface area contributed by atoms with Crippen LogP contribution in [0.1, 0.15) is 16.1 Å². The first kappa shape index (κ1) is 11.4. The summed E-state index contributed by atoms with van der Waals surface area (Å²) in [5, 5.41) is 8.83. The number of carboxylic acids is 1. The standard InChI is InChI=1S/C10H10ClNO3S/c11-8-2-1-7(16-8)9(13)12-4-3-6(5-12)10(14)15/h1-2,6H,3-5H2,(H,14,15). The van der Waals surface area contributed by atoms with Gasteiger partial charge in [0, 0.05) is 13.1 Å². The molecule has 0 aromatic carbocycles. The highest BCUT2D eigenvalue weighted by Gasteiger charge is 2.31. The van der Waals surface area contributed by atoms with Crippen molar-refractivity contribution in [2.45, 2.75) is 6.42 Å². The molecular formula is C10H10ClNO3S. The Morgan fingerprint density at radius 3 is 2.75 bits per heavy atom. The van der Waals surface area contributed by atoms with Crippen LogP contribution in [0.25, 0.3) is 0 Å². The Bertz CT molecular complexity index is 431. The second kappa shape index (κ2) is 4.43. The molecule has 1 N–H and O–H groups in total. The quantitative estimate of drug-likeness (QED) is 0.883. The number of carbonyl (C=O) groups is 2.